The Morgan fingerprint density at radius 1 is 1.50 bits per heavy atom. The molecule has 1 atom stereocenters. The Kier molecular flexibility index (Phi) is 4.99. The molecule has 1 rings (SSSR count). The van der Waals surface area contributed by atoms with Crippen molar-refractivity contribution in [2.24, 2.45) is 5.73 Å². The van der Waals surface area contributed by atoms with Crippen LogP contribution in [-0.4, -0.2) is 48.3 Å². The van der Waals surface area contributed by atoms with Gasteiger partial charge in [0.15, 0.2) is 0 Å². The van der Waals surface area contributed by atoms with Crippen LogP contribution in [0, 0.1) is 0 Å². The molecular formula is C13H27N3O2. The molecule has 3 N–H and O–H groups in total. The molecule has 2 amide bonds. The molecule has 0 aromatic rings. The van der Waals surface area contributed by atoms with Crippen molar-refractivity contribution in [1.29, 1.82) is 0 Å². The summed E-state index contributed by atoms with van der Waals surface area (Å²) in [6, 6.07) is -0.0172. The lowest BCUT2D eigenvalue weighted by atomic mass is 9.98. The van der Waals surface area contributed by atoms with Crippen molar-refractivity contribution in [3.05, 3.63) is 0 Å². The average molecular weight is 257 g/mol. The maximum absolute atomic E-state index is 12.2. The van der Waals surface area contributed by atoms with Gasteiger partial charge in [-0.15, -0.1) is 0 Å². The van der Waals surface area contributed by atoms with Crippen molar-refractivity contribution in [2.75, 3.05) is 26.2 Å². The van der Waals surface area contributed by atoms with E-state index in [1.165, 1.54) is 0 Å². The summed E-state index contributed by atoms with van der Waals surface area (Å²) in [7, 11) is 0. The molecule has 0 radical (unpaired) electrons. The van der Waals surface area contributed by atoms with Gasteiger partial charge in [-0.25, -0.2) is 4.79 Å². The third kappa shape index (κ3) is 3.59. The Hall–Kier alpha value is -0.810. The zero-order chi connectivity index (χ0) is 13.8. The number of rotatable bonds is 4. The molecular weight excluding hydrogens is 230 g/mol. The van der Waals surface area contributed by atoms with E-state index in [0.717, 1.165) is 12.8 Å². The molecule has 1 aliphatic rings. The van der Waals surface area contributed by atoms with Crippen molar-refractivity contribution >= 4 is 6.03 Å². The van der Waals surface area contributed by atoms with E-state index in [9.17, 15) is 4.79 Å². The van der Waals surface area contributed by atoms with Crippen LogP contribution in [0.3, 0.4) is 0 Å². The summed E-state index contributed by atoms with van der Waals surface area (Å²) in [4.78, 5) is 14.0. The molecule has 1 fully saturated rings. The lowest BCUT2D eigenvalue weighted by molar-refractivity contribution is -0.0935. The molecule has 106 valence electrons. The molecule has 18 heavy (non-hydrogen) atoms. The Balaban J connectivity index is 2.64. The minimum Gasteiger partial charge on any atom is -0.370 e. The molecule has 0 aromatic heterocycles. The summed E-state index contributed by atoms with van der Waals surface area (Å²) in [6.45, 7) is 10.4. The lowest BCUT2D eigenvalue weighted by Gasteiger charge is -2.42. The van der Waals surface area contributed by atoms with Gasteiger partial charge in [0.05, 0.1) is 18.8 Å². The highest BCUT2D eigenvalue weighted by Gasteiger charge is 2.36. The van der Waals surface area contributed by atoms with E-state index in [0.29, 0.717) is 26.2 Å². The third-order valence-corrected chi connectivity index (χ3v) is 3.88. The van der Waals surface area contributed by atoms with Crippen LogP contribution in [0.25, 0.3) is 0 Å². The zero-order valence-corrected chi connectivity index (χ0v) is 12.1. The Morgan fingerprint density at radius 3 is 2.67 bits per heavy atom. The molecule has 5 nitrogen and oxygen atoms in total. The van der Waals surface area contributed by atoms with Gasteiger partial charge in [-0.1, -0.05) is 13.8 Å². The number of ether oxygens (including phenoxy) is 1. The molecule has 0 aliphatic carbocycles. The van der Waals surface area contributed by atoms with Crippen molar-refractivity contribution in [3.8, 4) is 0 Å². The van der Waals surface area contributed by atoms with Crippen LogP contribution in [0.15, 0.2) is 0 Å². The second-order valence-electron chi connectivity index (χ2n) is 5.68. The molecule has 1 heterocycles. The standard InChI is InChI=1S/C13H27N3O2/c1-5-12(3,4)15-11(17)16-7-8-18-13(6-2,9-14)10-16/h5-10,14H2,1-4H3,(H,15,17). The summed E-state index contributed by atoms with van der Waals surface area (Å²) in [5, 5.41) is 3.05. The van der Waals surface area contributed by atoms with Gasteiger partial charge in [-0.3, -0.25) is 0 Å². The van der Waals surface area contributed by atoms with E-state index in [2.05, 4.69) is 12.2 Å². The van der Waals surface area contributed by atoms with Crippen LogP contribution in [0.4, 0.5) is 4.79 Å². The van der Waals surface area contributed by atoms with Gasteiger partial charge in [0.2, 0.25) is 0 Å². The van der Waals surface area contributed by atoms with Crippen molar-refractivity contribution in [2.45, 2.75) is 51.7 Å². The monoisotopic (exact) mass is 257 g/mol. The quantitative estimate of drug-likeness (QED) is 0.798. The first kappa shape index (κ1) is 15.2. The number of morpholine rings is 1. The molecule has 1 saturated heterocycles. The van der Waals surface area contributed by atoms with E-state index in [4.69, 9.17) is 10.5 Å². The van der Waals surface area contributed by atoms with E-state index < -0.39 is 0 Å². The Bertz CT molecular complexity index is 288. The van der Waals surface area contributed by atoms with Gasteiger partial charge in [-0.05, 0) is 26.7 Å². The third-order valence-electron chi connectivity index (χ3n) is 3.88. The Morgan fingerprint density at radius 2 is 2.17 bits per heavy atom. The zero-order valence-electron chi connectivity index (χ0n) is 12.1. The number of nitrogens with two attached hydrogens (primary N) is 1. The van der Waals surface area contributed by atoms with E-state index in [1.807, 2.05) is 25.7 Å². The van der Waals surface area contributed by atoms with Gasteiger partial charge < -0.3 is 20.7 Å². The molecule has 1 aliphatic heterocycles. The normalized spacial score (nSPS) is 25.1. The summed E-state index contributed by atoms with van der Waals surface area (Å²) in [6.07, 6.45) is 1.73. The number of hydrogen-bond donors (Lipinski definition) is 2. The van der Waals surface area contributed by atoms with E-state index >= 15 is 0 Å². The minimum atomic E-state index is -0.369. The molecule has 0 aromatic carbocycles. The summed E-state index contributed by atoms with van der Waals surface area (Å²) < 4.78 is 5.75. The summed E-state index contributed by atoms with van der Waals surface area (Å²) in [5.41, 5.74) is 5.24. The molecule has 0 spiro atoms. The first-order chi connectivity index (χ1) is 8.38. The van der Waals surface area contributed by atoms with Crippen molar-refractivity contribution < 1.29 is 9.53 Å². The minimum absolute atomic E-state index is 0.0172. The summed E-state index contributed by atoms with van der Waals surface area (Å²) in [5.74, 6) is 0. The topological polar surface area (TPSA) is 67.6 Å². The van der Waals surface area contributed by atoms with Gasteiger partial charge in [0.25, 0.3) is 0 Å². The predicted molar refractivity (Wildman–Crippen MR) is 72.5 cm³/mol. The fraction of sp³-hybridized carbons (Fsp3) is 0.923. The van der Waals surface area contributed by atoms with Gasteiger partial charge in [-0.2, -0.15) is 0 Å². The first-order valence-electron chi connectivity index (χ1n) is 6.79. The lowest BCUT2D eigenvalue weighted by Crippen LogP contribution is -2.60. The number of urea groups is 1. The number of carbonyl (C=O) groups excluding carboxylic acids is 1. The largest absolute Gasteiger partial charge is 0.370 e. The van der Waals surface area contributed by atoms with Crippen LogP contribution < -0.4 is 11.1 Å². The van der Waals surface area contributed by atoms with Crippen molar-refractivity contribution in [3.63, 3.8) is 0 Å². The number of nitrogens with zero attached hydrogens (tertiary/aromatic N) is 1. The maximum atomic E-state index is 12.2. The fourth-order valence-corrected chi connectivity index (χ4v) is 1.96. The van der Waals surface area contributed by atoms with Crippen LogP contribution in [0.2, 0.25) is 0 Å². The van der Waals surface area contributed by atoms with Gasteiger partial charge in [0.1, 0.15) is 0 Å². The highest BCUT2D eigenvalue weighted by molar-refractivity contribution is 5.75. The number of carbonyl (C=O) groups is 1. The molecule has 0 bridgehead atoms. The fourth-order valence-electron chi connectivity index (χ4n) is 1.96. The number of amides is 2. The van der Waals surface area contributed by atoms with Gasteiger partial charge >= 0.3 is 6.03 Å². The van der Waals surface area contributed by atoms with E-state index in [-0.39, 0.29) is 17.2 Å². The van der Waals surface area contributed by atoms with Crippen LogP contribution in [0.5, 0.6) is 0 Å². The summed E-state index contributed by atoms with van der Waals surface area (Å²) >= 11 is 0. The van der Waals surface area contributed by atoms with E-state index in [1.54, 1.807) is 0 Å². The number of nitrogens with one attached hydrogen (secondary N) is 1. The highest BCUT2D eigenvalue weighted by atomic mass is 16.5. The van der Waals surface area contributed by atoms with Gasteiger partial charge in [0, 0.05) is 18.6 Å². The average Bonchev–Trinajstić information content (AvgIpc) is 2.38. The number of hydrogen-bond acceptors (Lipinski definition) is 3. The van der Waals surface area contributed by atoms with Crippen LogP contribution in [-0.2, 0) is 4.74 Å². The first-order valence-corrected chi connectivity index (χ1v) is 6.79. The Labute approximate surface area is 110 Å². The predicted octanol–water partition coefficient (Wildman–Crippen LogP) is 1.32. The molecule has 0 saturated carbocycles. The molecule has 5 heteroatoms. The maximum Gasteiger partial charge on any atom is 0.317 e. The second kappa shape index (κ2) is 5.89. The van der Waals surface area contributed by atoms with Crippen LogP contribution >= 0.6 is 0 Å². The van der Waals surface area contributed by atoms with Crippen LogP contribution in [0.1, 0.15) is 40.5 Å². The smallest absolute Gasteiger partial charge is 0.317 e. The molecule has 1 unspecified atom stereocenters. The SMILES string of the molecule is CCC(C)(C)NC(=O)N1CCOC(CC)(CN)C1. The van der Waals surface area contributed by atoms with Crippen molar-refractivity contribution in [1.82, 2.24) is 10.2 Å². The highest BCUT2D eigenvalue weighted by Crippen LogP contribution is 2.21. The second-order valence-corrected chi connectivity index (χ2v) is 5.68.